The number of halogens is 1. The number of imidazole rings is 1. The van der Waals surface area contributed by atoms with E-state index in [9.17, 15) is 4.39 Å². The van der Waals surface area contributed by atoms with Crippen LogP contribution in [0.5, 0.6) is 0 Å². The molecule has 4 heterocycles. The highest BCUT2D eigenvalue weighted by Crippen LogP contribution is 2.32. The molecular weight excluding hydrogens is 391 g/mol. The standard InChI is InChI=1S/C24H19FN6/c25-16-4-1-3-15(13-16)17-5-2-6-19-21(17)29-24(28-19)23-22-20(30-31-23)8-7-18(27-22)14-9-11-26-12-10-14/h1-9,13,26H,10-12H2,(H,28,29)(H,30,31). The molecule has 3 N–H and O–H groups in total. The number of nitrogens with zero attached hydrogens (tertiary/aromatic N) is 3. The summed E-state index contributed by atoms with van der Waals surface area (Å²) in [6.45, 7) is 1.82. The van der Waals surface area contributed by atoms with E-state index >= 15 is 0 Å². The van der Waals surface area contributed by atoms with Crippen molar-refractivity contribution in [2.24, 2.45) is 0 Å². The van der Waals surface area contributed by atoms with Gasteiger partial charge in [0.2, 0.25) is 0 Å². The Bertz CT molecular complexity index is 1460. The maximum absolute atomic E-state index is 13.8. The van der Waals surface area contributed by atoms with Crippen LogP contribution in [-0.2, 0) is 0 Å². The number of aromatic amines is 2. The molecule has 5 aromatic rings. The van der Waals surface area contributed by atoms with E-state index in [0.717, 1.165) is 58.4 Å². The van der Waals surface area contributed by atoms with E-state index in [4.69, 9.17) is 9.97 Å². The van der Waals surface area contributed by atoms with Gasteiger partial charge < -0.3 is 10.3 Å². The molecule has 0 atom stereocenters. The van der Waals surface area contributed by atoms with Gasteiger partial charge in [-0.2, -0.15) is 5.10 Å². The zero-order chi connectivity index (χ0) is 20.8. The predicted molar refractivity (Wildman–Crippen MR) is 120 cm³/mol. The van der Waals surface area contributed by atoms with Crippen molar-refractivity contribution < 1.29 is 4.39 Å². The lowest BCUT2D eigenvalue weighted by Crippen LogP contribution is -2.20. The Balaban J connectivity index is 1.49. The van der Waals surface area contributed by atoms with E-state index in [0.29, 0.717) is 11.5 Å². The third kappa shape index (κ3) is 3.10. The molecule has 31 heavy (non-hydrogen) atoms. The fourth-order valence-electron chi connectivity index (χ4n) is 4.13. The second kappa shape index (κ2) is 7.14. The molecule has 1 aliphatic rings. The third-order valence-electron chi connectivity index (χ3n) is 5.67. The van der Waals surface area contributed by atoms with Crippen LogP contribution in [0, 0.1) is 5.82 Å². The van der Waals surface area contributed by atoms with Crippen molar-refractivity contribution in [3.8, 4) is 22.6 Å². The highest BCUT2D eigenvalue weighted by atomic mass is 19.1. The largest absolute Gasteiger partial charge is 0.336 e. The number of pyridine rings is 1. The van der Waals surface area contributed by atoms with Crippen molar-refractivity contribution in [1.29, 1.82) is 0 Å². The number of hydrogen-bond acceptors (Lipinski definition) is 4. The summed E-state index contributed by atoms with van der Waals surface area (Å²) in [5.41, 5.74) is 7.82. The first-order valence-electron chi connectivity index (χ1n) is 10.3. The molecule has 0 fully saturated rings. The van der Waals surface area contributed by atoms with Gasteiger partial charge in [-0.3, -0.25) is 5.10 Å². The van der Waals surface area contributed by atoms with Crippen LogP contribution in [0.4, 0.5) is 4.39 Å². The number of aromatic nitrogens is 5. The number of benzene rings is 2. The molecule has 0 saturated carbocycles. The number of rotatable bonds is 3. The molecule has 0 unspecified atom stereocenters. The quantitative estimate of drug-likeness (QED) is 0.403. The number of hydrogen-bond donors (Lipinski definition) is 3. The molecule has 152 valence electrons. The Morgan fingerprint density at radius 2 is 1.84 bits per heavy atom. The van der Waals surface area contributed by atoms with Gasteiger partial charge in [-0.1, -0.05) is 30.3 Å². The summed E-state index contributed by atoms with van der Waals surface area (Å²) >= 11 is 0. The molecule has 0 bridgehead atoms. The molecular formula is C24H19FN6. The molecule has 7 heteroatoms. The van der Waals surface area contributed by atoms with E-state index in [1.165, 1.54) is 17.7 Å². The molecule has 2 aromatic carbocycles. The van der Waals surface area contributed by atoms with Crippen LogP contribution in [0.25, 0.3) is 50.3 Å². The molecule has 6 nitrogen and oxygen atoms in total. The Morgan fingerprint density at radius 3 is 2.71 bits per heavy atom. The topological polar surface area (TPSA) is 82.3 Å². The predicted octanol–water partition coefficient (Wildman–Crippen LogP) is 4.68. The monoisotopic (exact) mass is 410 g/mol. The summed E-state index contributed by atoms with van der Waals surface area (Å²) in [5, 5.41) is 10.9. The highest BCUT2D eigenvalue weighted by Gasteiger charge is 2.17. The van der Waals surface area contributed by atoms with Gasteiger partial charge in [0, 0.05) is 12.1 Å². The Labute approximate surface area is 177 Å². The van der Waals surface area contributed by atoms with Gasteiger partial charge in [-0.15, -0.1) is 0 Å². The van der Waals surface area contributed by atoms with Crippen LogP contribution in [0.3, 0.4) is 0 Å². The fourth-order valence-corrected chi connectivity index (χ4v) is 4.13. The van der Waals surface area contributed by atoms with Gasteiger partial charge in [0.05, 0.1) is 22.2 Å². The normalized spacial score (nSPS) is 14.3. The second-order valence-electron chi connectivity index (χ2n) is 7.65. The van der Waals surface area contributed by atoms with Crippen LogP contribution in [0.15, 0.2) is 60.7 Å². The van der Waals surface area contributed by atoms with Gasteiger partial charge in [0.1, 0.15) is 11.3 Å². The summed E-state index contributed by atoms with van der Waals surface area (Å²) in [7, 11) is 0. The molecule has 0 saturated heterocycles. The molecule has 1 aliphatic heterocycles. The van der Waals surface area contributed by atoms with Gasteiger partial charge in [0.15, 0.2) is 11.5 Å². The van der Waals surface area contributed by atoms with Crippen molar-refractivity contribution in [3.63, 3.8) is 0 Å². The SMILES string of the molecule is Fc1cccc(-c2cccc3[nH]c(-c4n[nH]c5ccc(C6=CCNCC6)nc45)nc23)c1. The van der Waals surface area contributed by atoms with E-state index < -0.39 is 0 Å². The minimum atomic E-state index is -0.271. The fraction of sp³-hybridized carbons (Fsp3) is 0.125. The summed E-state index contributed by atoms with van der Waals surface area (Å²) in [6, 6.07) is 16.4. The molecule has 6 rings (SSSR count). The third-order valence-corrected chi connectivity index (χ3v) is 5.67. The first-order chi connectivity index (χ1) is 15.3. The lowest BCUT2D eigenvalue weighted by molar-refractivity contribution is 0.628. The van der Waals surface area contributed by atoms with Crippen molar-refractivity contribution >= 4 is 27.6 Å². The highest BCUT2D eigenvalue weighted by molar-refractivity contribution is 5.96. The molecule has 0 spiro atoms. The molecule has 0 radical (unpaired) electrons. The van der Waals surface area contributed by atoms with E-state index in [2.05, 4.69) is 26.6 Å². The zero-order valence-corrected chi connectivity index (χ0v) is 16.6. The van der Waals surface area contributed by atoms with Crippen LogP contribution in [-0.4, -0.2) is 38.2 Å². The maximum atomic E-state index is 13.8. The van der Waals surface area contributed by atoms with Crippen molar-refractivity contribution in [1.82, 2.24) is 30.5 Å². The average Bonchev–Trinajstić information content (AvgIpc) is 3.43. The number of para-hydroxylation sites is 1. The maximum Gasteiger partial charge on any atom is 0.161 e. The molecule has 0 aliphatic carbocycles. The van der Waals surface area contributed by atoms with E-state index in [1.54, 1.807) is 6.07 Å². The number of H-pyrrole nitrogens is 2. The first kappa shape index (κ1) is 18.0. The van der Waals surface area contributed by atoms with E-state index in [-0.39, 0.29) is 5.82 Å². The summed E-state index contributed by atoms with van der Waals surface area (Å²) in [4.78, 5) is 13.1. The van der Waals surface area contributed by atoms with Crippen molar-refractivity contribution in [2.75, 3.05) is 13.1 Å². The zero-order valence-electron chi connectivity index (χ0n) is 16.6. The van der Waals surface area contributed by atoms with Crippen LogP contribution < -0.4 is 5.32 Å². The Kier molecular flexibility index (Phi) is 4.14. The number of fused-ring (bicyclic) bond motifs is 2. The summed E-state index contributed by atoms with van der Waals surface area (Å²) < 4.78 is 13.8. The smallest absolute Gasteiger partial charge is 0.161 e. The summed E-state index contributed by atoms with van der Waals surface area (Å²) in [5.74, 6) is 0.363. The molecule has 0 amide bonds. The Morgan fingerprint density at radius 1 is 0.903 bits per heavy atom. The lowest BCUT2D eigenvalue weighted by Gasteiger charge is -2.13. The molecule has 3 aromatic heterocycles. The second-order valence-corrected chi connectivity index (χ2v) is 7.65. The van der Waals surface area contributed by atoms with E-state index in [1.807, 2.05) is 36.4 Å². The van der Waals surface area contributed by atoms with Crippen LogP contribution >= 0.6 is 0 Å². The Hall–Kier alpha value is -3.84. The average molecular weight is 410 g/mol. The van der Waals surface area contributed by atoms with Crippen LogP contribution in [0.1, 0.15) is 12.1 Å². The first-order valence-corrected chi connectivity index (χ1v) is 10.3. The van der Waals surface area contributed by atoms with Crippen molar-refractivity contribution in [3.05, 3.63) is 72.2 Å². The minimum Gasteiger partial charge on any atom is -0.336 e. The number of nitrogens with one attached hydrogen (secondary N) is 3. The van der Waals surface area contributed by atoms with Crippen molar-refractivity contribution in [2.45, 2.75) is 6.42 Å². The lowest BCUT2D eigenvalue weighted by atomic mass is 10.0. The van der Waals surface area contributed by atoms with Crippen LogP contribution in [0.2, 0.25) is 0 Å². The van der Waals surface area contributed by atoms with Gasteiger partial charge in [0.25, 0.3) is 0 Å². The van der Waals surface area contributed by atoms with Gasteiger partial charge in [-0.05, 0) is 54.4 Å². The summed E-state index contributed by atoms with van der Waals surface area (Å²) in [6.07, 6.45) is 3.14. The van der Waals surface area contributed by atoms with Gasteiger partial charge >= 0.3 is 0 Å². The minimum absolute atomic E-state index is 0.271. The van der Waals surface area contributed by atoms with Gasteiger partial charge in [-0.25, -0.2) is 14.4 Å².